The Labute approximate surface area is 168 Å². The highest BCUT2D eigenvalue weighted by atomic mass is 32.2. The van der Waals surface area contributed by atoms with Crippen LogP contribution in [0.4, 0.5) is 4.39 Å². The largest absolute Gasteiger partial charge is 0.345 e. The first-order chi connectivity index (χ1) is 13.7. The highest BCUT2D eigenvalue weighted by Crippen LogP contribution is 2.18. The second kappa shape index (κ2) is 8.10. The third kappa shape index (κ3) is 4.33. The fraction of sp³-hybridized carbons (Fsp3) is 0.211. The van der Waals surface area contributed by atoms with Crippen molar-refractivity contribution in [2.24, 2.45) is 0 Å². The summed E-state index contributed by atoms with van der Waals surface area (Å²) in [4.78, 5) is 16.8. The molecule has 0 saturated heterocycles. The van der Waals surface area contributed by atoms with E-state index in [1.807, 2.05) is 0 Å². The minimum absolute atomic E-state index is 0.00773. The molecule has 0 unspecified atom stereocenters. The molecular formula is C19H20FN5O3S. The summed E-state index contributed by atoms with van der Waals surface area (Å²) >= 11 is 0. The normalized spacial score (nSPS) is 11.6. The highest BCUT2D eigenvalue weighted by molar-refractivity contribution is 7.89. The van der Waals surface area contributed by atoms with Crippen LogP contribution in [0.5, 0.6) is 0 Å². The summed E-state index contributed by atoms with van der Waals surface area (Å²) in [5, 5.41) is 6.81. The molecule has 3 aromatic rings. The van der Waals surface area contributed by atoms with Crippen LogP contribution in [-0.2, 0) is 16.6 Å². The van der Waals surface area contributed by atoms with Crippen molar-refractivity contribution in [3.05, 3.63) is 71.6 Å². The molecule has 0 aliphatic carbocycles. The number of amides is 1. The molecule has 8 nitrogen and oxygen atoms in total. The Morgan fingerprint density at radius 1 is 1.14 bits per heavy atom. The van der Waals surface area contributed by atoms with Crippen LogP contribution in [0.1, 0.15) is 22.0 Å². The van der Waals surface area contributed by atoms with Crippen LogP contribution in [0, 0.1) is 12.7 Å². The summed E-state index contributed by atoms with van der Waals surface area (Å²) < 4.78 is 40.6. The van der Waals surface area contributed by atoms with Gasteiger partial charge in [0.25, 0.3) is 5.91 Å². The fourth-order valence-corrected chi connectivity index (χ4v) is 3.78. The SMILES string of the molecule is Cc1nc(C(=O)NCc2ccccc2S(=O)(=O)N(C)C)nn1-c1ccc(F)cc1. The summed E-state index contributed by atoms with van der Waals surface area (Å²) in [6.45, 7) is 1.66. The van der Waals surface area contributed by atoms with Gasteiger partial charge < -0.3 is 5.32 Å². The van der Waals surface area contributed by atoms with Gasteiger partial charge in [0.05, 0.1) is 10.6 Å². The van der Waals surface area contributed by atoms with E-state index in [9.17, 15) is 17.6 Å². The van der Waals surface area contributed by atoms with Crippen LogP contribution >= 0.6 is 0 Å². The van der Waals surface area contributed by atoms with E-state index < -0.39 is 15.9 Å². The maximum absolute atomic E-state index is 13.1. The maximum atomic E-state index is 13.1. The van der Waals surface area contributed by atoms with Crippen LogP contribution in [0.2, 0.25) is 0 Å². The summed E-state index contributed by atoms with van der Waals surface area (Å²) in [5.74, 6) is -0.543. The molecule has 1 amide bonds. The van der Waals surface area contributed by atoms with Crippen molar-refractivity contribution in [2.45, 2.75) is 18.4 Å². The van der Waals surface area contributed by atoms with E-state index in [4.69, 9.17) is 0 Å². The predicted molar refractivity (Wildman–Crippen MR) is 105 cm³/mol. The number of benzene rings is 2. The molecule has 152 valence electrons. The van der Waals surface area contributed by atoms with Gasteiger partial charge in [0.2, 0.25) is 15.8 Å². The van der Waals surface area contributed by atoms with Crippen molar-refractivity contribution in [3.8, 4) is 5.69 Å². The Balaban J connectivity index is 1.79. The topological polar surface area (TPSA) is 97.2 Å². The van der Waals surface area contributed by atoms with Crippen LogP contribution in [0.15, 0.2) is 53.4 Å². The third-order valence-corrected chi connectivity index (χ3v) is 6.13. The second-order valence-electron chi connectivity index (χ2n) is 6.45. The van der Waals surface area contributed by atoms with E-state index in [2.05, 4.69) is 15.4 Å². The number of nitrogens with zero attached hydrogens (tertiary/aromatic N) is 4. The lowest BCUT2D eigenvalue weighted by Crippen LogP contribution is -2.27. The molecule has 0 spiro atoms. The molecule has 1 N–H and O–H groups in total. The number of carbonyl (C=O) groups excluding carboxylic acids is 1. The summed E-state index contributed by atoms with van der Waals surface area (Å²) in [5.41, 5.74) is 1.02. The van der Waals surface area contributed by atoms with Crippen LogP contribution in [0.3, 0.4) is 0 Å². The molecule has 0 atom stereocenters. The Kier molecular flexibility index (Phi) is 5.76. The zero-order valence-corrected chi connectivity index (χ0v) is 16.9. The van der Waals surface area contributed by atoms with Gasteiger partial charge in [0, 0.05) is 20.6 Å². The second-order valence-corrected chi connectivity index (χ2v) is 8.57. The van der Waals surface area contributed by atoms with Crippen molar-refractivity contribution >= 4 is 15.9 Å². The molecule has 0 saturated carbocycles. The van der Waals surface area contributed by atoms with Crippen LogP contribution < -0.4 is 5.32 Å². The number of aryl methyl sites for hydroxylation is 1. The zero-order chi connectivity index (χ0) is 21.2. The maximum Gasteiger partial charge on any atom is 0.291 e. The van der Waals surface area contributed by atoms with Gasteiger partial charge in [-0.05, 0) is 42.8 Å². The van der Waals surface area contributed by atoms with Gasteiger partial charge in [-0.15, -0.1) is 5.10 Å². The lowest BCUT2D eigenvalue weighted by Gasteiger charge is -2.15. The van der Waals surface area contributed by atoms with E-state index in [-0.39, 0.29) is 23.1 Å². The number of sulfonamides is 1. The van der Waals surface area contributed by atoms with Crippen molar-refractivity contribution in [1.29, 1.82) is 0 Å². The molecule has 1 heterocycles. The Morgan fingerprint density at radius 2 is 1.79 bits per heavy atom. The number of halogens is 1. The predicted octanol–water partition coefficient (Wildman–Crippen LogP) is 1.90. The Hall–Kier alpha value is -3.11. The van der Waals surface area contributed by atoms with Crippen molar-refractivity contribution in [2.75, 3.05) is 14.1 Å². The van der Waals surface area contributed by atoms with Gasteiger partial charge in [-0.1, -0.05) is 18.2 Å². The number of rotatable bonds is 6. The average molecular weight is 417 g/mol. The van der Waals surface area contributed by atoms with Crippen LogP contribution in [0.25, 0.3) is 5.69 Å². The lowest BCUT2D eigenvalue weighted by atomic mass is 10.2. The summed E-state index contributed by atoms with van der Waals surface area (Å²) in [6, 6.07) is 12.1. The third-order valence-electron chi connectivity index (χ3n) is 4.21. The van der Waals surface area contributed by atoms with Crippen molar-refractivity contribution in [3.63, 3.8) is 0 Å². The van der Waals surface area contributed by atoms with E-state index in [1.165, 1.54) is 49.1 Å². The summed E-state index contributed by atoms with van der Waals surface area (Å²) in [7, 11) is -0.758. The van der Waals surface area contributed by atoms with Crippen molar-refractivity contribution < 1.29 is 17.6 Å². The minimum atomic E-state index is -3.65. The van der Waals surface area contributed by atoms with Gasteiger partial charge in [-0.3, -0.25) is 4.79 Å². The lowest BCUT2D eigenvalue weighted by molar-refractivity contribution is 0.0940. The van der Waals surface area contributed by atoms with Crippen molar-refractivity contribution in [1.82, 2.24) is 24.4 Å². The first kappa shape index (κ1) is 20.6. The van der Waals surface area contributed by atoms with E-state index in [0.717, 1.165) is 4.31 Å². The number of hydrogen-bond acceptors (Lipinski definition) is 5. The summed E-state index contributed by atoms with van der Waals surface area (Å²) in [6.07, 6.45) is 0. The molecule has 2 aromatic carbocycles. The number of hydrogen-bond donors (Lipinski definition) is 1. The van der Waals surface area contributed by atoms with Gasteiger partial charge in [-0.2, -0.15) is 0 Å². The molecular weight excluding hydrogens is 397 g/mol. The molecule has 1 aromatic heterocycles. The first-order valence-corrected chi connectivity index (χ1v) is 10.1. The van der Waals surface area contributed by atoms with Gasteiger partial charge >= 0.3 is 0 Å². The standard InChI is InChI=1S/C19H20FN5O3S/c1-13-22-18(23-25(13)16-10-8-15(20)9-11-16)19(26)21-12-14-6-4-5-7-17(14)29(27,28)24(2)3/h4-11H,12H2,1-3H3,(H,21,26). The fourth-order valence-electron chi connectivity index (χ4n) is 2.67. The first-order valence-electron chi connectivity index (χ1n) is 8.68. The molecule has 10 heteroatoms. The number of aromatic nitrogens is 3. The van der Waals surface area contributed by atoms with Crippen LogP contribution in [-0.4, -0.2) is 47.5 Å². The Bertz CT molecular complexity index is 1140. The number of carbonyl (C=O) groups is 1. The molecule has 0 aliphatic heterocycles. The molecule has 0 radical (unpaired) electrons. The molecule has 3 rings (SSSR count). The minimum Gasteiger partial charge on any atom is -0.345 e. The highest BCUT2D eigenvalue weighted by Gasteiger charge is 2.22. The molecule has 0 aliphatic rings. The smallest absolute Gasteiger partial charge is 0.291 e. The zero-order valence-electron chi connectivity index (χ0n) is 16.1. The van der Waals surface area contributed by atoms with E-state index in [0.29, 0.717) is 17.1 Å². The number of nitrogens with one attached hydrogen (secondary N) is 1. The van der Waals surface area contributed by atoms with Gasteiger partial charge in [0.1, 0.15) is 11.6 Å². The molecule has 29 heavy (non-hydrogen) atoms. The molecule has 0 bridgehead atoms. The quantitative estimate of drug-likeness (QED) is 0.661. The van der Waals surface area contributed by atoms with E-state index >= 15 is 0 Å². The Morgan fingerprint density at radius 3 is 2.45 bits per heavy atom. The molecule has 0 fully saturated rings. The monoisotopic (exact) mass is 417 g/mol. The van der Waals surface area contributed by atoms with Gasteiger partial charge in [-0.25, -0.2) is 26.8 Å². The van der Waals surface area contributed by atoms with Gasteiger partial charge in [0.15, 0.2) is 0 Å². The average Bonchev–Trinajstić information content (AvgIpc) is 3.08. The van der Waals surface area contributed by atoms with E-state index in [1.54, 1.807) is 25.1 Å².